The number of thiazole rings is 1. The first-order valence-corrected chi connectivity index (χ1v) is 7.90. The van der Waals surface area contributed by atoms with Gasteiger partial charge in [0.05, 0.1) is 17.2 Å². The van der Waals surface area contributed by atoms with E-state index in [-0.39, 0.29) is 6.10 Å². The van der Waals surface area contributed by atoms with Gasteiger partial charge in [0.15, 0.2) is 0 Å². The van der Waals surface area contributed by atoms with E-state index in [4.69, 9.17) is 4.74 Å². The SMILES string of the molecule is Brc1csc(-c2nc(C3CNCCO3)cs2)c1. The molecule has 3 nitrogen and oxygen atoms in total. The van der Waals surface area contributed by atoms with Crippen molar-refractivity contribution in [2.24, 2.45) is 0 Å². The van der Waals surface area contributed by atoms with Crippen LogP contribution in [-0.2, 0) is 4.74 Å². The number of morpholine rings is 1. The van der Waals surface area contributed by atoms with Crippen LogP contribution >= 0.6 is 38.6 Å². The van der Waals surface area contributed by atoms with Gasteiger partial charge in [0, 0.05) is 28.3 Å². The van der Waals surface area contributed by atoms with Gasteiger partial charge in [-0.05, 0) is 22.0 Å². The van der Waals surface area contributed by atoms with Crippen LogP contribution in [0.25, 0.3) is 9.88 Å². The summed E-state index contributed by atoms with van der Waals surface area (Å²) in [6.45, 7) is 2.56. The molecular weight excluding hydrogens is 320 g/mol. The Morgan fingerprint density at radius 3 is 3.06 bits per heavy atom. The van der Waals surface area contributed by atoms with Gasteiger partial charge >= 0.3 is 0 Å². The van der Waals surface area contributed by atoms with Crippen LogP contribution in [0.2, 0.25) is 0 Å². The lowest BCUT2D eigenvalue weighted by Gasteiger charge is -2.21. The zero-order valence-electron chi connectivity index (χ0n) is 8.98. The third-order valence-electron chi connectivity index (χ3n) is 2.56. The van der Waals surface area contributed by atoms with Crippen LogP contribution in [0.5, 0.6) is 0 Å². The minimum atomic E-state index is 0.108. The molecule has 1 aliphatic heterocycles. The van der Waals surface area contributed by atoms with Crippen molar-refractivity contribution >= 4 is 38.6 Å². The van der Waals surface area contributed by atoms with E-state index in [0.717, 1.165) is 34.9 Å². The summed E-state index contributed by atoms with van der Waals surface area (Å²) in [7, 11) is 0. The molecule has 3 rings (SSSR count). The summed E-state index contributed by atoms with van der Waals surface area (Å²) < 4.78 is 6.81. The average Bonchev–Trinajstić information content (AvgIpc) is 2.98. The second-order valence-corrected chi connectivity index (χ2v) is 6.46. The highest BCUT2D eigenvalue weighted by molar-refractivity contribution is 9.10. The normalized spacial score (nSPS) is 20.6. The molecule has 1 saturated heterocycles. The van der Waals surface area contributed by atoms with Gasteiger partial charge < -0.3 is 10.1 Å². The van der Waals surface area contributed by atoms with Crippen LogP contribution in [0.4, 0.5) is 0 Å². The highest BCUT2D eigenvalue weighted by Crippen LogP contribution is 2.33. The van der Waals surface area contributed by atoms with Crippen molar-refractivity contribution in [2.45, 2.75) is 6.10 Å². The van der Waals surface area contributed by atoms with E-state index in [0.29, 0.717) is 0 Å². The highest BCUT2D eigenvalue weighted by atomic mass is 79.9. The fourth-order valence-corrected chi connectivity index (χ4v) is 4.10. The Kier molecular flexibility index (Phi) is 3.58. The number of halogens is 1. The van der Waals surface area contributed by atoms with Crippen molar-refractivity contribution in [2.75, 3.05) is 19.7 Å². The molecule has 1 fully saturated rings. The van der Waals surface area contributed by atoms with E-state index in [1.807, 2.05) is 0 Å². The van der Waals surface area contributed by atoms with Gasteiger partial charge in [-0.15, -0.1) is 22.7 Å². The number of hydrogen-bond donors (Lipinski definition) is 1. The van der Waals surface area contributed by atoms with Crippen molar-refractivity contribution in [3.8, 4) is 9.88 Å². The van der Waals surface area contributed by atoms with E-state index in [1.54, 1.807) is 22.7 Å². The Balaban J connectivity index is 1.82. The van der Waals surface area contributed by atoms with Crippen LogP contribution in [0.1, 0.15) is 11.8 Å². The minimum absolute atomic E-state index is 0.108. The van der Waals surface area contributed by atoms with Crippen molar-refractivity contribution < 1.29 is 4.74 Å². The number of nitrogens with zero attached hydrogens (tertiary/aromatic N) is 1. The Hall–Kier alpha value is -0.270. The molecule has 3 heterocycles. The average molecular weight is 331 g/mol. The van der Waals surface area contributed by atoms with Crippen molar-refractivity contribution in [3.05, 3.63) is 27.0 Å². The van der Waals surface area contributed by atoms with E-state index in [2.05, 4.69) is 43.1 Å². The minimum Gasteiger partial charge on any atom is -0.369 e. The lowest BCUT2D eigenvalue weighted by Crippen LogP contribution is -2.33. The monoisotopic (exact) mass is 330 g/mol. The summed E-state index contributed by atoms with van der Waals surface area (Å²) in [5, 5.41) is 8.57. The zero-order valence-corrected chi connectivity index (χ0v) is 12.2. The van der Waals surface area contributed by atoms with Crippen molar-refractivity contribution in [1.29, 1.82) is 0 Å². The van der Waals surface area contributed by atoms with Crippen LogP contribution in [0.15, 0.2) is 21.3 Å². The largest absolute Gasteiger partial charge is 0.369 e. The zero-order chi connectivity index (χ0) is 11.7. The van der Waals surface area contributed by atoms with Crippen LogP contribution in [0, 0.1) is 0 Å². The molecule has 0 bridgehead atoms. The van der Waals surface area contributed by atoms with Crippen LogP contribution < -0.4 is 5.32 Å². The fraction of sp³-hybridized carbons (Fsp3) is 0.364. The first kappa shape index (κ1) is 11.8. The predicted octanol–water partition coefficient (Wildman–Crippen LogP) is 3.30. The molecule has 2 aromatic rings. The molecule has 17 heavy (non-hydrogen) atoms. The molecule has 6 heteroatoms. The van der Waals surface area contributed by atoms with E-state index < -0.39 is 0 Å². The summed E-state index contributed by atoms with van der Waals surface area (Å²) in [5.74, 6) is 0. The van der Waals surface area contributed by atoms with Crippen LogP contribution in [-0.4, -0.2) is 24.7 Å². The van der Waals surface area contributed by atoms with Crippen molar-refractivity contribution in [3.63, 3.8) is 0 Å². The van der Waals surface area contributed by atoms with Gasteiger partial charge in [0.25, 0.3) is 0 Å². The third-order valence-corrected chi connectivity index (χ3v) is 5.28. The molecule has 0 aliphatic carbocycles. The van der Waals surface area contributed by atoms with Gasteiger partial charge in [-0.1, -0.05) is 0 Å². The van der Waals surface area contributed by atoms with Gasteiger partial charge in [-0.25, -0.2) is 4.98 Å². The predicted molar refractivity (Wildman–Crippen MR) is 74.7 cm³/mol. The number of hydrogen-bond acceptors (Lipinski definition) is 5. The number of nitrogens with one attached hydrogen (secondary N) is 1. The van der Waals surface area contributed by atoms with Gasteiger partial charge in [0.1, 0.15) is 11.1 Å². The fourth-order valence-electron chi connectivity index (χ4n) is 1.73. The summed E-state index contributed by atoms with van der Waals surface area (Å²) in [6.07, 6.45) is 0.108. The van der Waals surface area contributed by atoms with Gasteiger partial charge in [0.2, 0.25) is 0 Å². The van der Waals surface area contributed by atoms with Crippen molar-refractivity contribution in [1.82, 2.24) is 10.3 Å². The summed E-state index contributed by atoms with van der Waals surface area (Å²) in [6, 6.07) is 2.10. The quantitative estimate of drug-likeness (QED) is 0.917. The second kappa shape index (κ2) is 5.16. The molecule has 1 N–H and O–H groups in total. The Labute approximate surface area is 116 Å². The molecule has 1 aliphatic rings. The number of thiophene rings is 1. The van der Waals surface area contributed by atoms with E-state index >= 15 is 0 Å². The number of aromatic nitrogens is 1. The summed E-state index contributed by atoms with van der Waals surface area (Å²) in [4.78, 5) is 5.87. The topological polar surface area (TPSA) is 34.2 Å². The van der Waals surface area contributed by atoms with E-state index in [1.165, 1.54) is 4.88 Å². The highest BCUT2D eigenvalue weighted by Gasteiger charge is 2.19. The maximum Gasteiger partial charge on any atom is 0.133 e. The Bertz CT molecular complexity index is 505. The standard InChI is InChI=1S/C11H11BrN2OS2/c12-7-3-10(16-5-7)11-14-8(6-17-11)9-4-13-1-2-15-9/h3,5-6,9,13H,1-2,4H2. The molecule has 0 aromatic carbocycles. The Morgan fingerprint density at radius 1 is 1.41 bits per heavy atom. The lowest BCUT2D eigenvalue weighted by molar-refractivity contribution is 0.0254. The third kappa shape index (κ3) is 2.61. The molecule has 1 atom stereocenters. The lowest BCUT2D eigenvalue weighted by atomic mass is 10.2. The maximum absolute atomic E-state index is 5.69. The maximum atomic E-state index is 5.69. The summed E-state index contributed by atoms with van der Waals surface area (Å²) in [5.41, 5.74) is 1.04. The second-order valence-electron chi connectivity index (χ2n) is 3.77. The molecular formula is C11H11BrN2OS2. The van der Waals surface area contributed by atoms with Gasteiger partial charge in [-0.2, -0.15) is 0 Å². The van der Waals surface area contributed by atoms with Crippen LogP contribution in [0.3, 0.4) is 0 Å². The molecule has 0 radical (unpaired) electrons. The van der Waals surface area contributed by atoms with Gasteiger partial charge in [-0.3, -0.25) is 0 Å². The smallest absolute Gasteiger partial charge is 0.133 e. The molecule has 0 saturated carbocycles. The molecule has 0 amide bonds. The first-order valence-electron chi connectivity index (χ1n) is 5.35. The molecule has 2 aromatic heterocycles. The molecule has 1 unspecified atom stereocenters. The molecule has 90 valence electrons. The number of rotatable bonds is 2. The van der Waals surface area contributed by atoms with E-state index in [9.17, 15) is 0 Å². The molecule has 0 spiro atoms. The Morgan fingerprint density at radius 2 is 2.35 bits per heavy atom. The number of ether oxygens (including phenoxy) is 1. The first-order chi connectivity index (χ1) is 8.33. The summed E-state index contributed by atoms with van der Waals surface area (Å²) >= 11 is 6.85.